The highest BCUT2D eigenvalue weighted by Crippen LogP contribution is 2.34. The minimum Gasteiger partial charge on any atom is -0.439 e. The number of benzene rings is 1. The second-order valence-electron chi connectivity index (χ2n) is 5.21. The quantitative estimate of drug-likeness (QED) is 0.455. The van der Waals surface area contributed by atoms with Crippen LogP contribution in [0, 0.1) is 21.4 Å². The molecule has 2 aromatic rings. The summed E-state index contributed by atoms with van der Waals surface area (Å²) < 4.78 is 5.65. The van der Waals surface area contributed by atoms with E-state index in [2.05, 4.69) is 16.9 Å². The van der Waals surface area contributed by atoms with Gasteiger partial charge in [0.05, 0.1) is 16.6 Å². The van der Waals surface area contributed by atoms with Crippen LogP contribution in [0.25, 0.3) is 0 Å². The lowest BCUT2D eigenvalue weighted by molar-refractivity contribution is -0.385. The molecule has 2 heterocycles. The fraction of sp³-hybridized carbons (Fsp3) is 0.0556. The molecule has 6 nitrogen and oxygen atoms in total. The van der Waals surface area contributed by atoms with Crippen LogP contribution in [0.15, 0.2) is 59.0 Å². The van der Waals surface area contributed by atoms with Gasteiger partial charge in [-0.3, -0.25) is 10.1 Å². The van der Waals surface area contributed by atoms with Crippen LogP contribution in [0.2, 0.25) is 0 Å². The molecule has 0 spiro atoms. The van der Waals surface area contributed by atoms with Gasteiger partial charge in [-0.1, -0.05) is 18.0 Å². The van der Waals surface area contributed by atoms with Gasteiger partial charge in [0.2, 0.25) is 5.88 Å². The topological polar surface area (TPSA) is 89.1 Å². The molecule has 1 aliphatic rings. The summed E-state index contributed by atoms with van der Waals surface area (Å²) in [5, 5.41) is 22.0. The van der Waals surface area contributed by atoms with Crippen LogP contribution in [0.5, 0.6) is 11.6 Å². The summed E-state index contributed by atoms with van der Waals surface area (Å²) in [7, 11) is -0.169. The van der Waals surface area contributed by atoms with Crippen molar-refractivity contribution in [3.63, 3.8) is 0 Å². The number of ether oxygens (including phenoxy) is 1. The van der Waals surface area contributed by atoms with E-state index in [1.165, 1.54) is 12.1 Å². The number of rotatable bonds is 5. The summed E-state index contributed by atoms with van der Waals surface area (Å²) in [6, 6.07) is 10.1. The molecule has 0 aliphatic carbocycles. The van der Waals surface area contributed by atoms with Crippen molar-refractivity contribution in [1.82, 2.24) is 4.98 Å². The van der Waals surface area contributed by atoms with Crippen LogP contribution in [-0.2, 0) is 6.42 Å². The Balaban J connectivity index is 1.83. The molecule has 0 bridgehead atoms. The van der Waals surface area contributed by atoms with Crippen molar-refractivity contribution >= 4 is 22.0 Å². The molecule has 0 saturated heterocycles. The molecule has 124 valence electrons. The van der Waals surface area contributed by atoms with E-state index in [1.807, 2.05) is 17.6 Å². The number of hydrogen-bond donors (Lipinski definition) is 0. The van der Waals surface area contributed by atoms with Gasteiger partial charge in [0.25, 0.3) is 5.69 Å². The maximum atomic E-state index is 10.7. The van der Waals surface area contributed by atoms with Crippen molar-refractivity contribution in [3.05, 3.63) is 80.2 Å². The molecule has 1 unspecified atom stereocenters. The minimum absolute atomic E-state index is 0.101. The highest BCUT2D eigenvalue weighted by molar-refractivity contribution is 8.20. The molecule has 0 amide bonds. The van der Waals surface area contributed by atoms with E-state index < -0.39 is 4.92 Å². The van der Waals surface area contributed by atoms with Crippen molar-refractivity contribution in [2.75, 3.05) is 0 Å². The highest BCUT2D eigenvalue weighted by atomic mass is 32.2. The van der Waals surface area contributed by atoms with Gasteiger partial charge in [-0.15, -0.1) is 10.5 Å². The minimum atomic E-state index is -0.518. The predicted octanol–water partition coefficient (Wildman–Crippen LogP) is 4.31. The number of aromatic nitrogens is 1. The van der Waals surface area contributed by atoms with Crippen LogP contribution in [0.3, 0.4) is 0 Å². The van der Waals surface area contributed by atoms with Gasteiger partial charge in [-0.25, -0.2) is 4.98 Å². The number of pyridine rings is 1. The van der Waals surface area contributed by atoms with Crippen LogP contribution in [-0.4, -0.2) is 15.8 Å². The zero-order valence-corrected chi connectivity index (χ0v) is 13.9. The molecule has 1 aromatic heterocycles. The molecule has 1 aliphatic heterocycles. The first-order chi connectivity index (χ1) is 12.1. The summed E-state index contributed by atoms with van der Waals surface area (Å²) in [5.41, 5.74) is 1.32. The van der Waals surface area contributed by atoms with Gasteiger partial charge in [0.15, 0.2) is 0 Å². The van der Waals surface area contributed by atoms with E-state index in [0.29, 0.717) is 17.7 Å². The first-order valence-corrected chi connectivity index (χ1v) is 8.74. The summed E-state index contributed by atoms with van der Waals surface area (Å²) in [6.45, 7) is 0. The Labute approximate surface area is 146 Å². The van der Waals surface area contributed by atoms with E-state index in [4.69, 9.17) is 4.74 Å². The zero-order valence-electron chi connectivity index (χ0n) is 13.1. The molecule has 7 heteroatoms. The molecular weight excluding hydrogens is 338 g/mol. The first-order valence-electron chi connectivity index (χ1n) is 7.28. The van der Waals surface area contributed by atoms with Gasteiger partial charge in [0, 0.05) is 18.6 Å². The van der Waals surface area contributed by atoms with Crippen molar-refractivity contribution < 1.29 is 9.66 Å². The fourth-order valence-corrected chi connectivity index (χ4v) is 3.34. The number of allylic oxidation sites excluding steroid dienone is 3. The average Bonchev–Trinajstić information content (AvgIpc) is 3.00. The van der Waals surface area contributed by atoms with Gasteiger partial charge in [-0.2, -0.15) is 5.26 Å². The van der Waals surface area contributed by atoms with Gasteiger partial charge in [0.1, 0.15) is 11.9 Å². The van der Waals surface area contributed by atoms with Crippen molar-refractivity contribution in [3.8, 4) is 17.7 Å². The van der Waals surface area contributed by atoms with E-state index in [-0.39, 0.29) is 22.1 Å². The van der Waals surface area contributed by atoms with Gasteiger partial charge < -0.3 is 4.74 Å². The largest absolute Gasteiger partial charge is 0.439 e. The Bertz CT molecular complexity index is 957. The number of nitriles is 1. The lowest BCUT2D eigenvalue weighted by atomic mass is 10.0. The third-order valence-electron chi connectivity index (χ3n) is 3.58. The fourth-order valence-electron chi connectivity index (χ4n) is 2.31. The third-order valence-corrected chi connectivity index (χ3v) is 5.02. The molecule has 1 atom stereocenters. The third kappa shape index (κ3) is 3.82. The first kappa shape index (κ1) is 16.6. The summed E-state index contributed by atoms with van der Waals surface area (Å²) in [5.74, 6) is 4.85. The molecular formula is C18H13N3O3S. The molecule has 0 radical (unpaired) electrons. The Kier molecular flexibility index (Phi) is 4.73. The molecule has 3 rings (SSSR count). The van der Waals surface area contributed by atoms with E-state index in [9.17, 15) is 15.4 Å². The number of hydrogen-bond acceptors (Lipinski definition) is 5. The maximum absolute atomic E-state index is 10.7. The van der Waals surface area contributed by atoms with Crippen molar-refractivity contribution in [2.24, 2.45) is 0 Å². The predicted molar refractivity (Wildman–Crippen MR) is 97.8 cm³/mol. The molecule has 0 N–H and O–H groups in total. The monoisotopic (exact) mass is 351 g/mol. The molecule has 1 aromatic carbocycles. The Hall–Kier alpha value is -3.24. The second-order valence-corrected chi connectivity index (χ2v) is 6.87. The zero-order chi connectivity index (χ0) is 17.8. The second kappa shape index (κ2) is 7.11. The van der Waals surface area contributed by atoms with Crippen LogP contribution < -0.4 is 4.74 Å². The van der Waals surface area contributed by atoms with Gasteiger partial charge in [-0.05, 0) is 34.1 Å². The van der Waals surface area contributed by atoms with Crippen molar-refractivity contribution in [1.29, 1.82) is 5.26 Å². The molecule has 0 fully saturated rings. The summed E-state index contributed by atoms with van der Waals surface area (Å²) >= 11 is 0. The SMILES string of the molecule is C=S1C=CC=C1Cc1cc(Oc2ccc([N+](=O)[O-])cn2)ccc1C#N. The normalized spacial score (nSPS) is 15.5. The van der Waals surface area contributed by atoms with Crippen LogP contribution >= 0.6 is 10.5 Å². The maximum Gasteiger partial charge on any atom is 0.287 e. The lowest BCUT2D eigenvalue weighted by Crippen LogP contribution is -1.95. The van der Waals surface area contributed by atoms with Crippen LogP contribution in [0.1, 0.15) is 11.1 Å². The van der Waals surface area contributed by atoms with Crippen LogP contribution in [0.4, 0.5) is 5.69 Å². The highest BCUT2D eigenvalue weighted by Gasteiger charge is 2.11. The Morgan fingerprint density at radius 3 is 2.80 bits per heavy atom. The number of nitrogens with zero attached hydrogens (tertiary/aromatic N) is 3. The average molecular weight is 351 g/mol. The van der Waals surface area contributed by atoms with Gasteiger partial charge >= 0.3 is 0 Å². The Morgan fingerprint density at radius 1 is 1.36 bits per heavy atom. The van der Waals surface area contributed by atoms with E-state index in [0.717, 1.165) is 16.7 Å². The summed E-state index contributed by atoms with van der Waals surface area (Å²) in [6.07, 6.45) is 5.75. The van der Waals surface area contributed by atoms with Crippen molar-refractivity contribution in [2.45, 2.75) is 6.42 Å². The van der Waals surface area contributed by atoms with E-state index in [1.54, 1.807) is 18.2 Å². The molecule has 25 heavy (non-hydrogen) atoms. The standard InChI is InChI=1S/C18H13N3O3S/c1-25-8-2-3-17(25)10-14-9-16(6-4-13(14)11-19)24-18-7-5-15(12-20-18)21(22)23/h2-9,12H,1,10H2. The Morgan fingerprint density at radius 2 is 2.20 bits per heavy atom. The molecule has 0 saturated carbocycles. The number of nitro groups is 1. The smallest absolute Gasteiger partial charge is 0.287 e. The van der Waals surface area contributed by atoms with E-state index >= 15 is 0 Å². The lowest BCUT2D eigenvalue weighted by Gasteiger charge is -2.10. The summed E-state index contributed by atoms with van der Waals surface area (Å²) in [4.78, 5) is 15.2.